The Kier molecular flexibility index (Phi) is 5.06. The van der Waals surface area contributed by atoms with E-state index in [2.05, 4.69) is 26.4 Å². The van der Waals surface area contributed by atoms with Gasteiger partial charge >= 0.3 is 0 Å². The van der Waals surface area contributed by atoms with E-state index < -0.39 is 0 Å². The number of benzene rings is 1. The minimum atomic E-state index is -0.339. The summed E-state index contributed by atoms with van der Waals surface area (Å²) in [5, 5.41) is 7.33. The number of halogens is 1. The highest BCUT2D eigenvalue weighted by Gasteiger charge is 2.22. The summed E-state index contributed by atoms with van der Waals surface area (Å²) < 4.78 is 14.9. The van der Waals surface area contributed by atoms with Gasteiger partial charge in [-0.15, -0.1) is 0 Å². The third-order valence-electron chi connectivity index (χ3n) is 4.94. The first-order valence-electron chi connectivity index (χ1n) is 9.38. The zero-order chi connectivity index (χ0) is 19.5. The molecule has 3 aromatic rings. The van der Waals surface area contributed by atoms with Crippen LogP contribution >= 0.6 is 0 Å². The molecular weight excluding hydrogens is 357 g/mol. The number of hydrogen-bond donors (Lipinski definition) is 1. The van der Waals surface area contributed by atoms with E-state index in [1.54, 1.807) is 24.4 Å². The summed E-state index contributed by atoms with van der Waals surface area (Å²) in [6, 6.07) is 12.0. The van der Waals surface area contributed by atoms with Crippen LogP contribution in [0.5, 0.6) is 0 Å². The number of aromatic nitrogens is 3. The third kappa shape index (κ3) is 4.03. The van der Waals surface area contributed by atoms with Crippen molar-refractivity contribution in [1.29, 1.82) is 0 Å². The molecule has 1 fully saturated rings. The summed E-state index contributed by atoms with van der Waals surface area (Å²) in [6.45, 7) is 3.71. The number of hydrogen-bond acceptors (Lipinski definition) is 4. The Morgan fingerprint density at radius 2 is 2.00 bits per heavy atom. The lowest BCUT2D eigenvalue weighted by Crippen LogP contribution is -2.45. The van der Waals surface area contributed by atoms with Crippen LogP contribution in [-0.2, 0) is 0 Å². The number of pyridine rings is 1. The van der Waals surface area contributed by atoms with Gasteiger partial charge in [-0.05, 0) is 55.7 Å². The van der Waals surface area contributed by atoms with Crippen molar-refractivity contribution in [2.45, 2.75) is 25.8 Å². The van der Waals surface area contributed by atoms with Crippen molar-refractivity contribution in [3.63, 3.8) is 0 Å². The molecular formula is C21H22FN5O. The minimum Gasteiger partial charge on any atom is -0.356 e. The molecule has 2 aromatic heterocycles. The Hall–Kier alpha value is -3.22. The molecule has 6 nitrogen and oxygen atoms in total. The molecule has 1 aliphatic rings. The number of amides is 1. The van der Waals surface area contributed by atoms with Gasteiger partial charge in [0.15, 0.2) is 5.69 Å². The average Bonchev–Trinajstić information content (AvgIpc) is 3.20. The number of carbonyl (C=O) groups is 1. The maximum atomic E-state index is 13.4. The second-order valence-corrected chi connectivity index (χ2v) is 7.05. The van der Waals surface area contributed by atoms with Gasteiger partial charge in [0.2, 0.25) is 0 Å². The molecule has 0 unspecified atom stereocenters. The van der Waals surface area contributed by atoms with Crippen molar-refractivity contribution >= 4 is 11.7 Å². The average molecular weight is 379 g/mol. The first kappa shape index (κ1) is 18.2. The summed E-state index contributed by atoms with van der Waals surface area (Å²) in [4.78, 5) is 19.2. The lowest BCUT2D eigenvalue weighted by atomic mass is 10.0. The zero-order valence-electron chi connectivity index (χ0n) is 15.7. The van der Waals surface area contributed by atoms with Gasteiger partial charge in [-0.2, -0.15) is 5.10 Å². The molecule has 0 spiro atoms. The molecule has 0 radical (unpaired) electrons. The number of nitrogens with one attached hydrogen (secondary N) is 1. The van der Waals surface area contributed by atoms with Gasteiger partial charge < -0.3 is 10.2 Å². The Labute approximate surface area is 163 Å². The number of anilines is 1. The van der Waals surface area contributed by atoms with Crippen molar-refractivity contribution in [2.75, 3.05) is 18.0 Å². The third-order valence-corrected chi connectivity index (χ3v) is 4.94. The predicted molar refractivity (Wildman–Crippen MR) is 105 cm³/mol. The van der Waals surface area contributed by atoms with E-state index in [1.807, 2.05) is 19.2 Å². The Morgan fingerprint density at radius 1 is 1.18 bits per heavy atom. The van der Waals surface area contributed by atoms with Gasteiger partial charge in [0.05, 0.1) is 5.69 Å². The number of nitrogens with zero attached hydrogens (tertiary/aromatic N) is 4. The first-order chi connectivity index (χ1) is 13.6. The van der Waals surface area contributed by atoms with Gasteiger partial charge in [0, 0.05) is 31.5 Å². The fraction of sp³-hybridized carbons (Fsp3) is 0.286. The van der Waals surface area contributed by atoms with Gasteiger partial charge in [0.1, 0.15) is 11.6 Å². The topological polar surface area (TPSA) is 63.1 Å². The molecule has 7 heteroatoms. The van der Waals surface area contributed by atoms with Crippen molar-refractivity contribution in [3.05, 3.63) is 71.9 Å². The summed E-state index contributed by atoms with van der Waals surface area (Å²) in [5.74, 6) is 0.431. The molecule has 28 heavy (non-hydrogen) atoms. The van der Waals surface area contributed by atoms with E-state index in [0.717, 1.165) is 37.3 Å². The van der Waals surface area contributed by atoms with Crippen LogP contribution in [0.1, 0.15) is 28.9 Å². The second-order valence-electron chi connectivity index (χ2n) is 7.05. The van der Waals surface area contributed by atoms with E-state index in [-0.39, 0.29) is 17.8 Å². The van der Waals surface area contributed by atoms with Crippen LogP contribution in [0.3, 0.4) is 0 Å². The van der Waals surface area contributed by atoms with Crippen LogP contribution in [0.2, 0.25) is 0 Å². The SMILES string of the molecule is Cc1ccc(N2CCC(NC(=O)c3ccn(-c4cccc(F)c4)n3)CC2)nc1. The number of aryl methyl sites for hydroxylation is 1. The van der Waals surface area contributed by atoms with E-state index in [1.165, 1.54) is 16.8 Å². The van der Waals surface area contributed by atoms with Crippen molar-refractivity contribution in [1.82, 2.24) is 20.1 Å². The smallest absolute Gasteiger partial charge is 0.272 e. The molecule has 1 saturated heterocycles. The van der Waals surface area contributed by atoms with Gasteiger partial charge in [-0.3, -0.25) is 4.79 Å². The molecule has 0 saturated carbocycles. The van der Waals surface area contributed by atoms with Crippen molar-refractivity contribution in [3.8, 4) is 5.69 Å². The van der Waals surface area contributed by atoms with E-state index in [0.29, 0.717) is 11.4 Å². The molecule has 144 valence electrons. The van der Waals surface area contributed by atoms with E-state index >= 15 is 0 Å². The lowest BCUT2D eigenvalue weighted by Gasteiger charge is -2.33. The maximum Gasteiger partial charge on any atom is 0.272 e. The van der Waals surface area contributed by atoms with Crippen molar-refractivity contribution < 1.29 is 9.18 Å². The van der Waals surface area contributed by atoms with Gasteiger partial charge in [-0.1, -0.05) is 12.1 Å². The Bertz CT molecular complexity index is 961. The van der Waals surface area contributed by atoms with Gasteiger partial charge in [0.25, 0.3) is 5.91 Å². The first-order valence-corrected chi connectivity index (χ1v) is 9.38. The molecule has 0 atom stereocenters. The monoisotopic (exact) mass is 379 g/mol. The molecule has 4 rings (SSSR count). The van der Waals surface area contributed by atoms with Crippen LogP contribution < -0.4 is 10.2 Å². The molecule has 0 bridgehead atoms. The number of piperidine rings is 1. The molecule has 0 aliphatic carbocycles. The fourth-order valence-corrected chi connectivity index (χ4v) is 3.37. The summed E-state index contributed by atoms with van der Waals surface area (Å²) in [7, 11) is 0. The minimum absolute atomic E-state index is 0.105. The quantitative estimate of drug-likeness (QED) is 0.757. The van der Waals surface area contributed by atoms with E-state index in [4.69, 9.17) is 0 Å². The van der Waals surface area contributed by atoms with Crippen molar-refractivity contribution in [2.24, 2.45) is 0 Å². The summed E-state index contributed by atoms with van der Waals surface area (Å²) in [6.07, 6.45) is 5.24. The van der Waals surface area contributed by atoms with Crippen LogP contribution in [0.15, 0.2) is 54.9 Å². The zero-order valence-corrected chi connectivity index (χ0v) is 15.7. The maximum absolute atomic E-state index is 13.4. The molecule has 3 heterocycles. The molecule has 1 amide bonds. The van der Waals surface area contributed by atoms with Crippen LogP contribution in [-0.4, -0.2) is 39.8 Å². The molecule has 1 aliphatic heterocycles. The standard InChI is InChI=1S/C21H22FN5O/c1-15-5-6-20(23-14-15)26-10-7-17(8-11-26)24-21(28)19-9-12-27(25-19)18-4-2-3-16(22)13-18/h2-6,9,12-14,17H,7-8,10-11H2,1H3,(H,24,28). The highest BCUT2D eigenvalue weighted by atomic mass is 19.1. The largest absolute Gasteiger partial charge is 0.356 e. The van der Waals surface area contributed by atoms with E-state index in [9.17, 15) is 9.18 Å². The highest BCUT2D eigenvalue weighted by molar-refractivity contribution is 5.92. The van der Waals surface area contributed by atoms with Gasteiger partial charge in [-0.25, -0.2) is 14.1 Å². The fourth-order valence-electron chi connectivity index (χ4n) is 3.37. The summed E-state index contributed by atoms with van der Waals surface area (Å²) >= 11 is 0. The Morgan fingerprint density at radius 3 is 2.71 bits per heavy atom. The lowest BCUT2D eigenvalue weighted by molar-refractivity contribution is 0.0925. The second kappa shape index (κ2) is 7.80. The predicted octanol–water partition coefficient (Wildman–Crippen LogP) is 3.11. The van der Waals surface area contributed by atoms with Crippen LogP contribution in [0.4, 0.5) is 10.2 Å². The normalized spacial score (nSPS) is 14.9. The van der Waals surface area contributed by atoms with Crippen LogP contribution in [0, 0.1) is 12.7 Å². The summed E-state index contributed by atoms with van der Waals surface area (Å²) in [5.41, 5.74) is 2.05. The highest BCUT2D eigenvalue weighted by Crippen LogP contribution is 2.18. The number of rotatable bonds is 4. The Balaban J connectivity index is 1.34. The molecule has 1 N–H and O–H groups in total. The number of carbonyl (C=O) groups excluding carboxylic acids is 1. The molecule has 1 aromatic carbocycles. The van der Waals surface area contributed by atoms with Crippen LogP contribution in [0.25, 0.3) is 5.69 Å².